The molecular formula is C14H14FN3OS. The predicted octanol–water partition coefficient (Wildman–Crippen LogP) is 3.89. The van der Waals surface area contributed by atoms with E-state index in [9.17, 15) is 4.39 Å². The molecule has 4 nitrogen and oxygen atoms in total. The van der Waals surface area contributed by atoms with Crippen LogP contribution in [-0.4, -0.2) is 10.1 Å². The third kappa shape index (κ3) is 2.44. The fourth-order valence-electron chi connectivity index (χ4n) is 2.04. The molecule has 0 radical (unpaired) electrons. The van der Waals surface area contributed by atoms with Crippen molar-refractivity contribution < 1.29 is 8.91 Å². The fourth-order valence-corrected chi connectivity index (χ4v) is 3.05. The van der Waals surface area contributed by atoms with Gasteiger partial charge in [0.15, 0.2) is 5.82 Å². The van der Waals surface area contributed by atoms with Crippen molar-refractivity contribution in [3.63, 3.8) is 0 Å². The molecule has 0 bridgehead atoms. The molecule has 0 aliphatic carbocycles. The number of nitrogens with two attached hydrogens (primary N) is 1. The molecule has 1 aromatic carbocycles. The molecule has 3 rings (SSSR count). The molecule has 0 aliphatic rings. The monoisotopic (exact) mass is 291 g/mol. The summed E-state index contributed by atoms with van der Waals surface area (Å²) in [5, 5.41) is 4.88. The van der Waals surface area contributed by atoms with Crippen molar-refractivity contribution in [1.82, 2.24) is 10.1 Å². The maximum Gasteiger partial charge on any atom is 0.268 e. The van der Waals surface area contributed by atoms with Crippen molar-refractivity contribution in [2.75, 3.05) is 0 Å². The zero-order valence-corrected chi connectivity index (χ0v) is 11.8. The third-order valence-electron chi connectivity index (χ3n) is 3.07. The molecule has 0 amide bonds. The van der Waals surface area contributed by atoms with Crippen LogP contribution in [0.4, 0.5) is 4.39 Å². The van der Waals surface area contributed by atoms with Gasteiger partial charge in [-0.1, -0.05) is 24.6 Å². The second-order valence-electron chi connectivity index (χ2n) is 4.65. The molecule has 104 valence electrons. The molecule has 0 aliphatic heterocycles. The molecule has 1 unspecified atom stereocenters. The van der Waals surface area contributed by atoms with Gasteiger partial charge in [0.05, 0.1) is 10.9 Å². The van der Waals surface area contributed by atoms with Crippen LogP contribution in [0.1, 0.15) is 31.6 Å². The number of thiophene rings is 1. The van der Waals surface area contributed by atoms with Crippen LogP contribution < -0.4 is 5.73 Å². The van der Waals surface area contributed by atoms with Crippen LogP contribution in [0.25, 0.3) is 20.9 Å². The molecule has 0 fully saturated rings. The topological polar surface area (TPSA) is 64.9 Å². The quantitative estimate of drug-likeness (QED) is 0.792. The highest BCUT2D eigenvalue weighted by molar-refractivity contribution is 7.22. The van der Waals surface area contributed by atoms with E-state index in [0.29, 0.717) is 11.7 Å². The number of aromatic nitrogens is 2. The first-order valence-corrected chi connectivity index (χ1v) is 7.27. The molecule has 2 heterocycles. The second-order valence-corrected chi connectivity index (χ2v) is 5.73. The standard InChI is InChI=1S/C14H14FN3OS/c1-2-3-10(16)13-17-14(19-18-13)12-6-8-4-5-9(15)7-11(8)20-12/h4-7,10H,2-3,16H2,1H3. The van der Waals surface area contributed by atoms with E-state index in [1.165, 1.54) is 23.5 Å². The first-order chi connectivity index (χ1) is 9.67. The van der Waals surface area contributed by atoms with Gasteiger partial charge in [-0.25, -0.2) is 4.39 Å². The highest BCUT2D eigenvalue weighted by Crippen LogP contribution is 2.33. The second kappa shape index (κ2) is 5.30. The van der Waals surface area contributed by atoms with Gasteiger partial charge in [-0.2, -0.15) is 4.98 Å². The van der Waals surface area contributed by atoms with Gasteiger partial charge in [0.1, 0.15) is 5.82 Å². The lowest BCUT2D eigenvalue weighted by molar-refractivity contribution is 0.414. The SMILES string of the molecule is CCCC(N)c1noc(-c2cc3ccc(F)cc3s2)n1. The molecule has 0 saturated heterocycles. The average molecular weight is 291 g/mol. The van der Waals surface area contributed by atoms with Crippen LogP contribution in [-0.2, 0) is 0 Å². The maximum atomic E-state index is 13.2. The molecule has 6 heteroatoms. The maximum absolute atomic E-state index is 13.2. The highest BCUT2D eigenvalue weighted by atomic mass is 32.1. The van der Waals surface area contributed by atoms with Crippen molar-refractivity contribution in [3.8, 4) is 10.8 Å². The van der Waals surface area contributed by atoms with Crippen LogP contribution in [0.2, 0.25) is 0 Å². The summed E-state index contributed by atoms with van der Waals surface area (Å²) in [4.78, 5) is 5.16. The van der Waals surface area contributed by atoms with E-state index >= 15 is 0 Å². The van der Waals surface area contributed by atoms with Gasteiger partial charge in [-0.3, -0.25) is 0 Å². The Bertz CT molecular complexity index is 737. The minimum atomic E-state index is -0.248. The summed E-state index contributed by atoms with van der Waals surface area (Å²) < 4.78 is 19.3. The van der Waals surface area contributed by atoms with E-state index in [0.717, 1.165) is 27.8 Å². The Hall–Kier alpha value is -1.79. The third-order valence-corrected chi connectivity index (χ3v) is 4.15. The molecule has 20 heavy (non-hydrogen) atoms. The average Bonchev–Trinajstić information content (AvgIpc) is 3.04. The van der Waals surface area contributed by atoms with E-state index in [-0.39, 0.29) is 11.9 Å². The van der Waals surface area contributed by atoms with Crippen LogP contribution in [0.5, 0.6) is 0 Å². The predicted molar refractivity (Wildman–Crippen MR) is 76.9 cm³/mol. The van der Waals surface area contributed by atoms with Crippen molar-refractivity contribution in [3.05, 3.63) is 35.9 Å². The van der Waals surface area contributed by atoms with Crippen LogP contribution in [0.15, 0.2) is 28.8 Å². The van der Waals surface area contributed by atoms with E-state index in [4.69, 9.17) is 10.3 Å². The highest BCUT2D eigenvalue weighted by Gasteiger charge is 2.16. The number of nitrogens with zero attached hydrogens (tertiary/aromatic N) is 2. The molecule has 2 N–H and O–H groups in total. The van der Waals surface area contributed by atoms with E-state index in [2.05, 4.69) is 17.1 Å². The zero-order chi connectivity index (χ0) is 14.1. The minimum absolute atomic E-state index is 0.204. The summed E-state index contributed by atoms with van der Waals surface area (Å²) >= 11 is 1.43. The Labute approximate surface area is 119 Å². The van der Waals surface area contributed by atoms with Crippen molar-refractivity contribution >= 4 is 21.4 Å². The van der Waals surface area contributed by atoms with Gasteiger partial charge in [-0.15, -0.1) is 11.3 Å². The molecular weight excluding hydrogens is 277 g/mol. The van der Waals surface area contributed by atoms with Gasteiger partial charge in [0.2, 0.25) is 0 Å². The van der Waals surface area contributed by atoms with Crippen LogP contribution in [0, 0.1) is 5.82 Å². The fraction of sp³-hybridized carbons (Fsp3) is 0.286. The smallest absolute Gasteiger partial charge is 0.268 e. The summed E-state index contributed by atoms with van der Waals surface area (Å²) in [5.41, 5.74) is 5.96. The number of halogens is 1. The molecule has 3 aromatic rings. The number of rotatable bonds is 4. The largest absolute Gasteiger partial charge is 0.333 e. The van der Waals surface area contributed by atoms with Crippen LogP contribution >= 0.6 is 11.3 Å². The summed E-state index contributed by atoms with van der Waals surface area (Å²) in [5.74, 6) is 0.709. The summed E-state index contributed by atoms with van der Waals surface area (Å²) in [6.45, 7) is 2.06. The number of benzene rings is 1. The summed E-state index contributed by atoms with van der Waals surface area (Å²) in [7, 11) is 0. The lowest BCUT2D eigenvalue weighted by Crippen LogP contribution is -2.11. The number of hydrogen-bond donors (Lipinski definition) is 1. The molecule has 0 spiro atoms. The Kier molecular flexibility index (Phi) is 3.50. The zero-order valence-electron chi connectivity index (χ0n) is 11.0. The number of hydrogen-bond acceptors (Lipinski definition) is 5. The van der Waals surface area contributed by atoms with Crippen molar-refractivity contribution in [2.24, 2.45) is 5.73 Å². The van der Waals surface area contributed by atoms with E-state index < -0.39 is 0 Å². The Morgan fingerprint density at radius 2 is 2.25 bits per heavy atom. The first kappa shape index (κ1) is 13.2. The minimum Gasteiger partial charge on any atom is -0.333 e. The lowest BCUT2D eigenvalue weighted by Gasteiger charge is -2.02. The van der Waals surface area contributed by atoms with Gasteiger partial charge >= 0.3 is 0 Å². The van der Waals surface area contributed by atoms with Gasteiger partial charge in [0.25, 0.3) is 5.89 Å². The first-order valence-electron chi connectivity index (χ1n) is 6.46. The Balaban J connectivity index is 1.94. The van der Waals surface area contributed by atoms with Gasteiger partial charge in [0, 0.05) is 4.70 Å². The van der Waals surface area contributed by atoms with Gasteiger partial charge < -0.3 is 10.3 Å². The Morgan fingerprint density at radius 1 is 1.40 bits per heavy atom. The van der Waals surface area contributed by atoms with Crippen molar-refractivity contribution in [2.45, 2.75) is 25.8 Å². The van der Waals surface area contributed by atoms with Crippen LogP contribution in [0.3, 0.4) is 0 Å². The van der Waals surface area contributed by atoms with Gasteiger partial charge in [-0.05, 0) is 30.0 Å². The Morgan fingerprint density at radius 3 is 3.05 bits per heavy atom. The normalized spacial score (nSPS) is 12.9. The molecule has 0 saturated carbocycles. The summed E-state index contributed by atoms with van der Waals surface area (Å²) in [6, 6.07) is 6.40. The summed E-state index contributed by atoms with van der Waals surface area (Å²) in [6.07, 6.45) is 1.78. The number of fused-ring (bicyclic) bond motifs is 1. The van der Waals surface area contributed by atoms with E-state index in [1.807, 2.05) is 6.07 Å². The molecule has 1 atom stereocenters. The lowest BCUT2D eigenvalue weighted by atomic mass is 10.2. The van der Waals surface area contributed by atoms with E-state index in [1.54, 1.807) is 6.07 Å². The van der Waals surface area contributed by atoms with Crippen molar-refractivity contribution in [1.29, 1.82) is 0 Å². The molecule has 2 aromatic heterocycles.